The lowest BCUT2D eigenvalue weighted by molar-refractivity contribution is 0.601. The Morgan fingerprint density at radius 2 is 1.79 bits per heavy atom. The smallest absolute Gasteiger partial charge is 0.178 e. The van der Waals surface area contributed by atoms with E-state index in [0.29, 0.717) is 33.8 Å². The zero-order chi connectivity index (χ0) is 24.7. The van der Waals surface area contributed by atoms with Gasteiger partial charge in [-0.25, -0.2) is 18.7 Å². The Labute approximate surface area is 196 Å². The third-order valence-electron chi connectivity index (χ3n) is 5.07. The highest BCUT2D eigenvalue weighted by Gasteiger charge is 2.16. The van der Waals surface area contributed by atoms with E-state index in [4.69, 9.17) is 5.73 Å². The molecule has 0 spiro atoms. The van der Waals surface area contributed by atoms with Gasteiger partial charge in [-0.2, -0.15) is 0 Å². The van der Waals surface area contributed by atoms with Crippen LogP contribution < -0.4 is 5.73 Å². The number of hydrogen-bond acceptors (Lipinski definition) is 4. The Bertz CT molecular complexity index is 1400. The predicted molar refractivity (Wildman–Crippen MR) is 132 cm³/mol. The summed E-state index contributed by atoms with van der Waals surface area (Å²) in [5, 5.41) is 0. The topological polar surface area (TPSA) is 80.5 Å². The molecule has 0 saturated carbocycles. The summed E-state index contributed by atoms with van der Waals surface area (Å²) < 4.78 is 28.6. The van der Waals surface area contributed by atoms with Crippen LogP contribution in [0.5, 0.6) is 0 Å². The van der Waals surface area contributed by atoms with Crippen molar-refractivity contribution in [1.29, 1.82) is 0 Å². The Kier molecular flexibility index (Phi) is 7.67. The van der Waals surface area contributed by atoms with Gasteiger partial charge in [-0.3, -0.25) is 4.98 Å². The van der Waals surface area contributed by atoms with Crippen LogP contribution >= 0.6 is 0 Å². The van der Waals surface area contributed by atoms with Crippen molar-refractivity contribution >= 4 is 16.7 Å². The number of aromatic amines is 1. The molecule has 0 fully saturated rings. The molecule has 0 aliphatic rings. The Morgan fingerprint density at radius 3 is 2.47 bits per heavy atom. The zero-order valence-electron chi connectivity index (χ0n) is 18.6. The van der Waals surface area contributed by atoms with Crippen LogP contribution in [-0.2, 0) is 6.42 Å². The van der Waals surface area contributed by atoms with Gasteiger partial charge in [-0.05, 0) is 54.5 Å². The van der Waals surface area contributed by atoms with Gasteiger partial charge in [0, 0.05) is 35.6 Å². The summed E-state index contributed by atoms with van der Waals surface area (Å²) in [6, 6.07) is 9.64. The van der Waals surface area contributed by atoms with Crippen LogP contribution in [0.4, 0.5) is 8.78 Å². The Hall–Kier alpha value is -4.57. The van der Waals surface area contributed by atoms with Crippen LogP contribution in [0.3, 0.4) is 0 Å². The van der Waals surface area contributed by atoms with Crippen molar-refractivity contribution in [2.75, 3.05) is 0 Å². The number of allylic oxidation sites excluding steroid dienone is 4. The highest BCUT2D eigenvalue weighted by molar-refractivity contribution is 5.89. The average Bonchev–Trinajstić information content (AvgIpc) is 3.28. The second-order valence-corrected chi connectivity index (χ2v) is 7.15. The lowest BCUT2D eigenvalue weighted by Gasteiger charge is -2.08. The first-order chi connectivity index (χ1) is 16.5. The van der Waals surface area contributed by atoms with E-state index in [2.05, 4.69) is 39.4 Å². The number of terminal acetylenes is 1. The van der Waals surface area contributed by atoms with Gasteiger partial charge in [-0.1, -0.05) is 24.8 Å². The summed E-state index contributed by atoms with van der Waals surface area (Å²) in [4.78, 5) is 16.3. The zero-order valence-corrected chi connectivity index (χ0v) is 18.6. The minimum absolute atomic E-state index is 0.205. The van der Waals surface area contributed by atoms with Gasteiger partial charge in [0.25, 0.3) is 0 Å². The van der Waals surface area contributed by atoms with E-state index in [0.717, 1.165) is 11.1 Å². The quantitative estimate of drug-likeness (QED) is 0.294. The maximum atomic E-state index is 15.3. The fourth-order valence-corrected chi connectivity index (χ4v) is 3.44. The first-order valence-corrected chi connectivity index (χ1v) is 10.3. The lowest BCUT2D eigenvalue weighted by atomic mass is 10.0. The van der Waals surface area contributed by atoms with Gasteiger partial charge in [0.15, 0.2) is 11.5 Å². The van der Waals surface area contributed by atoms with E-state index >= 15 is 4.39 Å². The number of imidazole rings is 1. The van der Waals surface area contributed by atoms with E-state index < -0.39 is 5.82 Å². The van der Waals surface area contributed by atoms with E-state index in [1.165, 1.54) is 18.2 Å². The molecule has 0 radical (unpaired) electrons. The van der Waals surface area contributed by atoms with Crippen molar-refractivity contribution in [3.8, 4) is 24.0 Å². The summed E-state index contributed by atoms with van der Waals surface area (Å²) in [5.41, 5.74) is 10.3. The monoisotopic (exact) mass is 455 g/mol. The van der Waals surface area contributed by atoms with Crippen molar-refractivity contribution in [3.05, 3.63) is 108 Å². The van der Waals surface area contributed by atoms with E-state index in [1.54, 1.807) is 49.7 Å². The summed E-state index contributed by atoms with van der Waals surface area (Å²) in [6.07, 6.45) is 16.3. The molecule has 3 N–H and O–H groups in total. The molecule has 0 unspecified atom stereocenters. The van der Waals surface area contributed by atoms with Crippen molar-refractivity contribution in [3.63, 3.8) is 0 Å². The van der Waals surface area contributed by atoms with Gasteiger partial charge in [-0.15, -0.1) is 12.8 Å². The number of H-pyrrole nitrogens is 1. The van der Waals surface area contributed by atoms with Crippen molar-refractivity contribution < 1.29 is 8.78 Å². The largest absolute Gasteiger partial charge is 0.399 e. The molecule has 0 saturated heterocycles. The SMILES string of the molecule is C#C.C=C/C(N)=C\C(=C/C)c1nccc(Cc2nc3nccc(-c4ccc(F)cc4)c3[nH]2)c1F. The number of hydrogen-bond donors (Lipinski definition) is 2. The number of fused-ring (bicyclic) bond motifs is 1. The number of aromatic nitrogens is 4. The van der Waals surface area contributed by atoms with Gasteiger partial charge >= 0.3 is 0 Å². The fraction of sp³-hybridized carbons (Fsp3) is 0.0741. The first-order valence-electron chi connectivity index (χ1n) is 10.3. The number of halogens is 2. The molecule has 5 nitrogen and oxygen atoms in total. The molecular formula is C27H23F2N5. The van der Waals surface area contributed by atoms with Crippen LogP contribution in [0.15, 0.2) is 79.3 Å². The lowest BCUT2D eigenvalue weighted by Crippen LogP contribution is -2.02. The molecule has 3 aromatic heterocycles. The molecule has 170 valence electrons. The van der Waals surface area contributed by atoms with Gasteiger partial charge in [0.2, 0.25) is 0 Å². The summed E-state index contributed by atoms with van der Waals surface area (Å²) >= 11 is 0. The molecule has 0 atom stereocenters. The van der Waals surface area contributed by atoms with Crippen LogP contribution in [0.1, 0.15) is 24.0 Å². The molecule has 0 bridgehead atoms. The minimum Gasteiger partial charge on any atom is -0.399 e. The number of nitrogens with one attached hydrogen (secondary N) is 1. The second-order valence-electron chi connectivity index (χ2n) is 7.15. The van der Waals surface area contributed by atoms with Crippen LogP contribution in [0.2, 0.25) is 0 Å². The number of rotatable bonds is 6. The maximum absolute atomic E-state index is 15.3. The highest BCUT2D eigenvalue weighted by Crippen LogP contribution is 2.27. The Balaban J connectivity index is 0.00000158. The average molecular weight is 456 g/mol. The second kappa shape index (κ2) is 10.8. The molecule has 0 aliphatic carbocycles. The van der Waals surface area contributed by atoms with Crippen LogP contribution in [0, 0.1) is 24.5 Å². The van der Waals surface area contributed by atoms with E-state index in [1.807, 2.05) is 6.07 Å². The van der Waals surface area contributed by atoms with E-state index in [-0.39, 0.29) is 17.9 Å². The molecular weight excluding hydrogens is 432 g/mol. The summed E-state index contributed by atoms with van der Waals surface area (Å²) in [5.74, 6) is -0.194. The fourth-order valence-electron chi connectivity index (χ4n) is 3.44. The number of pyridine rings is 2. The predicted octanol–water partition coefficient (Wildman–Crippen LogP) is 5.57. The Morgan fingerprint density at radius 1 is 1.09 bits per heavy atom. The van der Waals surface area contributed by atoms with Crippen LogP contribution in [0.25, 0.3) is 27.9 Å². The number of nitrogens with zero attached hydrogens (tertiary/aromatic N) is 3. The standard InChI is InChI=1S/C25H21F2N5.C2H2/c1-3-15(13-19(28)4-2)23-22(27)17(9-11-29-23)14-21-31-24-20(10-12-30-25(24)32-21)16-5-7-18(26)8-6-16;1-2/h3-13H,2,14,28H2,1H3,(H,30,31,32);1-2H/b15-3+,19-13+;. The maximum Gasteiger partial charge on any atom is 0.178 e. The van der Waals surface area contributed by atoms with Gasteiger partial charge in [0.05, 0.1) is 5.52 Å². The molecule has 0 amide bonds. The molecule has 1 aromatic carbocycles. The molecule has 0 aliphatic heterocycles. The van der Waals surface area contributed by atoms with Crippen molar-refractivity contribution in [1.82, 2.24) is 19.9 Å². The van der Waals surface area contributed by atoms with Gasteiger partial charge < -0.3 is 10.7 Å². The normalized spacial score (nSPS) is 11.7. The molecule has 4 aromatic rings. The molecule has 34 heavy (non-hydrogen) atoms. The third-order valence-corrected chi connectivity index (χ3v) is 5.07. The number of nitrogens with two attached hydrogens (primary N) is 1. The van der Waals surface area contributed by atoms with Crippen molar-refractivity contribution in [2.24, 2.45) is 5.73 Å². The van der Waals surface area contributed by atoms with Crippen LogP contribution in [-0.4, -0.2) is 19.9 Å². The van der Waals surface area contributed by atoms with Gasteiger partial charge in [0.1, 0.15) is 17.3 Å². The molecule has 4 rings (SSSR count). The molecule has 7 heteroatoms. The summed E-state index contributed by atoms with van der Waals surface area (Å²) in [6.45, 7) is 5.41. The highest BCUT2D eigenvalue weighted by atomic mass is 19.1. The summed E-state index contributed by atoms with van der Waals surface area (Å²) in [7, 11) is 0. The van der Waals surface area contributed by atoms with Crippen molar-refractivity contribution in [2.45, 2.75) is 13.3 Å². The number of benzene rings is 1. The molecule has 3 heterocycles. The third kappa shape index (κ3) is 5.08. The minimum atomic E-state index is -0.444. The van der Waals surface area contributed by atoms with E-state index in [9.17, 15) is 4.39 Å². The first kappa shape index (κ1) is 24.1.